The number of ether oxygens (including phenoxy) is 1. The van der Waals surface area contributed by atoms with Gasteiger partial charge in [0, 0.05) is 12.4 Å². The van der Waals surface area contributed by atoms with Crippen LogP contribution in [-0.2, 0) is 6.54 Å². The third kappa shape index (κ3) is 3.03. The van der Waals surface area contributed by atoms with Crippen LogP contribution in [0.1, 0.15) is 11.4 Å². The fourth-order valence-electron chi connectivity index (χ4n) is 1.82. The maximum absolute atomic E-state index is 8.79. The van der Waals surface area contributed by atoms with Crippen molar-refractivity contribution in [2.45, 2.75) is 13.5 Å². The van der Waals surface area contributed by atoms with E-state index in [-0.39, 0.29) is 5.84 Å². The summed E-state index contributed by atoms with van der Waals surface area (Å²) in [6.07, 6.45) is 3.61. The van der Waals surface area contributed by atoms with E-state index < -0.39 is 0 Å². The summed E-state index contributed by atoms with van der Waals surface area (Å²) < 4.78 is 7.63. The molecule has 20 heavy (non-hydrogen) atoms. The number of aromatic nitrogens is 2. The third-order valence-corrected chi connectivity index (χ3v) is 3.17. The maximum atomic E-state index is 8.79. The van der Waals surface area contributed by atoms with Crippen molar-refractivity contribution >= 4 is 17.4 Å². The summed E-state index contributed by atoms with van der Waals surface area (Å²) in [6.45, 7) is 2.98. The number of benzene rings is 1. The molecule has 0 spiro atoms. The van der Waals surface area contributed by atoms with E-state index in [1.807, 2.05) is 17.7 Å². The fourth-order valence-corrected chi connectivity index (χ4v) is 2.08. The fraction of sp³-hybridized carbons (Fsp3) is 0.231. The van der Waals surface area contributed by atoms with Crippen molar-refractivity contribution in [3.63, 3.8) is 0 Å². The number of imidazole rings is 1. The van der Waals surface area contributed by atoms with Crippen LogP contribution >= 0.6 is 11.6 Å². The highest BCUT2D eigenvalue weighted by molar-refractivity contribution is 6.34. The van der Waals surface area contributed by atoms with E-state index in [1.165, 1.54) is 0 Å². The smallest absolute Gasteiger partial charge is 0.175 e. The van der Waals surface area contributed by atoms with Crippen molar-refractivity contribution in [2.75, 3.05) is 6.61 Å². The lowest BCUT2D eigenvalue weighted by Crippen LogP contribution is -2.17. The molecule has 3 N–H and O–H groups in total. The molecule has 1 aromatic carbocycles. The normalized spacial score (nSPS) is 11.6. The van der Waals surface area contributed by atoms with E-state index in [0.717, 1.165) is 5.82 Å². The minimum Gasteiger partial charge on any atom is -0.491 e. The van der Waals surface area contributed by atoms with Gasteiger partial charge in [-0.1, -0.05) is 22.8 Å². The molecule has 0 saturated carbocycles. The first-order chi connectivity index (χ1) is 9.63. The molecule has 0 unspecified atom stereocenters. The number of aryl methyl sites for hydroxylation is 1. The predicted octanol–water partition coefficient (Wildman–Crippen LogP) is 2.02. The quantitative estimate of drug-likeness (QED) is 0.382. The zero-order valence-corrected chi connectivity index (χ0v) is 11.7. The van der Waals surface area contributed by atoms with Gasteiger partial charge in [0.05, 0.1) is 17.1 Å². The number of hydrogen-bond acceptors (Lipinski definition) is 4. The Morgan fingerprint density at radius 2 is 2.35 bits per heavy atom. The Bertz CT molecular complexity index is 625. The first-order valence-electron chi connectivity index (χ1n) is 6.00. The first kappa shape index (κ1) is 14.2. The summed E-state index contributed by atoms with van der Waals surface area (Å²) in [4.78, 5) is 4.13. The molecule has 0 aliphatic carbocycles. The van der Waals surface area contributed by atoms with Crippen molar-refractivity contribution in [1.29, 1.82) is 0 Å². The first-order valence-corrected chi connectivity index (χ1v) is 6.38. The summed E-state index contributed by atoms with van der Waals surface area (Å²) in [6, 6.07) is 5.12. The lowest BCUT2D eigenvalue weighted by atomic mass is 10.2. The molecule has 1 aromatic heterocycles. The standard InChI is InChI=1S/C13H15ClN4O2/c1-9-16-5-6-18(9)7-8-20-11-4-2-3-10(14)12(11)13(15)17-19/h2-6,19H,7-8H2,1H3,(H2,15,17). The van der Waals surface area contributed by atoms with Gasteiger partial charge in [-0.05, 0) is 19.1 Å². The van der Waals surface area contributed by atoms with E-state index in [2.05, 4.69) is 10.1 Å². The number of nitrogens with zero attached hydrogens (tertiary/aromatic N) is 3. The minimum atomic E-state index is -0.0792. The molecule has 0 radical (unpaired) electrons. The zero-order valence-electron chi connectivity index (χ0n) is 11.0. The number of hydrogen-bond donors (Lipinski definition) is 2. The molecule has 0 amide bonds. The number of halogens is 1. The number of rotatable bonds is 5. The van der Waals surface area contributed by atoms with Crippen molar-refractivity contribution in [3.05, 3.63) is 47.0 Å². The minimum absolute atomic E-state index is 0.0792. The number of amidine groups is 1. The summed E-state index contributed by atoms with van der Waals surface area (Å²) in [7, 11) is 0. The molecule has 0 atom stereocenters. The lowest BCUT2D eigenvalue weighted by molar-refractivity contribution is 0.295. The van der Waals surface area contributed by atoms with Crippen LogP contribution in [0.4, 0.5) is 0 Å². The largest absolute Gasteiger partial charge is 0.491 e. The maximum Gasteiger partial charge on any atom is 0.175 e. The molecule has 106 valence electrons. The van der Waals surface area contributed by atoms with Gasteiger partial charge in [-0.25, -0.2) is 4.98 Å². The van der Waals surface area contributed by atoms with Gasteiger partial charge in [-0.15, -0.1) is 0 Å². The van der Waals surface area contributed by atoms with Gasteiger partial charge in [0.1, 0.15) is 18.2 Å². The highest BCUT2D eigenvalue weighted by atomic mass is 35.5. The molecule has 0 fully saturated rings. The van der Waals surface area contributed by atoms with Gasteiger partial charge in [0.2, 0.25) is 0 Å². The van der Waals surface area contributed by atoms with E-state index in [0.29, 0.717) is 29.5 Å². The summed E-state index contributed by atoms with van der Waals surface area (Å²) in [5.41, 5.74) is 5.99. The summed E-state index contributed by atoms with van der Waals surface area (Å²) in [5, 5.41) is 12.1. The van der Waals surface area contributed by atoms with Gasteiger partial charge < -0.3 is 20.2 Å². The number of oxime groups is 1. The molecule has 2 rings (SSSR count). The van der Waals surface area contributed by atoms with Gasteiger partial charge in [0.15, 0.2) is 5.84 Å². The van der Waals surface area contributed by atoms with Crippen molar-refractivity contribution in [3.8, 4) is 5.75 Å². The average molecular weight is 295 g/mol. The van der Waals surface area contributed by atoms with Crippen LogP contribution < -0.4 is 10.5 Å². The second kappa shape index (κ2) is 6.29. The molecular formula is C13H15ClN4O2. The molecule has 6 nitrogen and oxygen atoms in total. The Labute approximate surface area is 121 Å². The highest BCUT2D eigenvalue weighted by Crippen LogP contribution is 2.26. The second-order valence-corrected chi connectivity index (χ2v) is 4.52. The zero-order chi connectivity index (χ0) is 14.5. The van der Waals surface area contributed by atoms with Gasteiger partial charge in [-0.3, -0.25) is 0 Å². The average Bonchev–Trinajstić information content (AvgIpc) is 2.84. The van der Waals surface area contributed by atoms with Crippen molar-refractivity contribution in [2.24, 2.45) is 10.9 Å². The SMILES string of the molecule is Cc1nccn1CCOc1cccc(Cl)c1/C(N)=N/O. The number of nitrogens with two attached hydrogens (primary N) is 1. The van der Waals surface area contributed by atoms with Gasteiger partial charge >= 0.3 is 0 Å². The van der Waals surface area contributed by atoms with E-state index >= 15 is 0 Å². The molecule has 1 heterocycles. The Balaban J connectivity index is 2.10. The van der Waals surface area contributed by atoms with E-state index in [1.54, 1.807) is 24.4 Å². The van der Waals surface area contributed by atoms with Crippen LogP contribution in [0.15, 0.2) is 35.7 Å². The topological polar surface area (TPSA) is 85.7 Å². The second-order valence-electron chi connectivity index (χ2n) is 4.11. The van der Waals surface area contributed by atoms with Crippen LogP contribution in [0.25, 0.3) is 0 Å². The van der Waals surface area contributed by atoms with Crippen LogP contribution in [0, 0.1) is 6.92 Å². The third-order valence-electron chi connectivity index (χ3n) is 2.85. The highest BCUT2D eigenvalue weighted by Gasteiger charge is 2.12. The molecule has 0 aliphatic rings. The van der Waals surface area contributed by atoms with Gasteiger partial charge in [0.25, 0.3) is 0 Å². The Morgan fingerprint density at radius 3 is 3.00 bits per heavy atom. The van der Waals surface area contributed by atoms with E-state index in [9.17, 15) is 0 Å². The molecule has 0 aliphatic heterocycles. The van der Waals surface area contributed by atoms with E-state index in [4.69, 9.17) is 27.3 Å². The molecule has 2 aromatic rings. The van der Waals surface area contributed by atoms with Crippen LogP contribution in [0.2, 0.25) is 5.02 Å². The van der Waals surface area contributed by atoms with Crippen LogP contribution in [0.3, 0.4) is 0 Å². The molecular weight excluding hydrogens is 280 g/mol. The Hall–Kier alpha value is -2.21. The molecule has 0 saturated heterocycles. The Kier molecular flexibility index (Phi) is 4.47. The summed E-state index contributed by atoms with van der Waals surface area (Å²) in [5.74, 6) is 1.31. The molecule has 7 heteroatoms. The Morgan fingerprint density at radius 1 is 1.55 bits per heavy atom. The molecule has 0 bridgehead atoms. The lowest BCUT2D eigenvalue weighted by Gasteiger charge is -2.12. The van der Waals surface area contributed by atoms with Crippen LogP contribution in [-0.4, -0.2) is 27.2 Å². The summed E-state index contributed by atoms with van der Waals surface area (Å²) >= 11 is 6.04. The van der Waals surface area contributed by atoms with Crippen LogP contribution in [0.5, 0.6) is 5.75 Å². The monoisotopic (exact) mass is 294 g/mol. The van der Waals surface area contributed by atoms with Crippen molar-refractivity contribution in [1.82, 2.24) is 9.55 Å². The predicted molar refractivity (Wildman–Crippen MR) is 76.4 cm³/mol. The van der Waals surface area contributed by atoms with Crippen molar-refractivity contribution < 1.29 is 9.94 Å². The van der Waals surface area contributed by atoms with Gasteiger partial charge in [-0.2, -0.15) is 0 Å².